The van der Waals surface area contributed by atoms with Gasteiger partial charge in [0.15, 0.2) is 11.0 Å². The Labute approximate surface area is 270 Å². The van der Waals surface area contributed by atoms with Crippen LogP contribution in [0, 0.1) is 20.2 Å². The first-order valence-electron chi connectivity index (χ1n) is 15.3. The van der Waals surface area contributed by atoms with Crippen LogP contribution in [-0.2, 0) is 4.74 Å². The van der Waals surface area contributed by atoms with E-state index >= 15 is 0 Å². The number of benzene rings is 3. The Kier molecular flexibility index (Phi) is 7.91. The van der Waals surface area contributed by atoms with Gasteiger partial charge < -0.3 is 19.5 Å². The second-order valence-electron chi connectivity index (χ2n) is 11.8. The van der Waals surface area contributed by atoms with Crippen LogP contribution < -0.4 is 15.5 Å². The van der Waals surface area contributed by atoms with E-state index in [1.54, 1.807) is 12.1 Å². The quantitative estimate of drug-likeness (QED) is 0.201. The molecule has 0 bridgehead atoms. The number of piperidine rings is 1. The van der Waals surface area contributed by atoms with Gasteiger partial charge in [0.25, 0.3) is 0 Å². The normalized spacial score (nSPS) is 18.7. The molecule has 2 atom stereocenters. The van der Waals surface area contributed by atoms with Crippen molar-refractivity contribution in [1.29, 1.82) is 0 Å². The third kappa shape index (κ3) is 5.55. The second kappa shape index (κ2) is 12.4. The maximum Gasteiger partial charge on any atom is 0.326 e. The lowest BCUT2D eigenvalue weighted by Gasteiger charge is -2.36. The van der Waals surface area contributed by atoms with E-state index in [0.717, 1.165) is 35.2 Å². The molecule has 2 unspecified atom stereocenters. The minimum Gasteiger partial charge on any atom is -0.372 e. The Balaban J connectivity index is 0.000000161. The largest absolute Gasteiger partial charge is 0.372 e. The van der Waals surface area contributed by atoms with Gasteiger partial charge in [-0.25, -0.2) is 14.1 Å². The number of morpholine rings is 1. The van der Waals surface area contributed by atoms with Crippen LogP contribution in [0.25, 0.3) is 33.1 Å². The van der Waals surface area contributed by atoms with Crippen molar-refractivity contribution in [3.8, 4) is 0 Å². The first kappa shape index (κ1) is 30.7. The summed E-state index contributed by atoms with van der Waals surface area (Å²) in [5.41, 5.74) is 4.09. The Morgan fingerprint density at radius 1 is 0.750 bits per heavy atom. The number of fused-ring (bicyclic) bond motifs is 3. The van der Waals surface area contributed by atoms with Gasteiger partial charge >= 0.3 is 17.1 Å². The lowest BCUT2D eigenvalue weighted by Crippen LogP contribution is -2.45. The van der Waals surface area contributed by atoms with Crippen molar-refractivity contribution >= 4 is 55.8 Å². The molecular weight excluding hydrogens is 628 g/mol. The van der Waals surface area contributed by atoms with Gasteiger partial charge in [0.05, 0.1) is 44.5 Å². The van der Waals surface area contributed by atoms with E-state index in [2.05, 4.69) is 40.0 Å². The molecule has 18 nitrogen and oxygen atoms in total. The van der Waals surface area contributed by atoms with Gasteiger partial charge in [-0.1, -0.05) is 12.1 Å². The lowest BCUT2D eigenvalue weighted by molar-refractivity contribution is -0.383. The Morgan fingerprint density at radius 2 is 1.27 bits per heavy atom. The number of nitrogens with one attached hydrogen (secondary N) is 1. The standard InChI is InChI=1S/C18H16N6O4.C12H14N4O4/c25-18-19-12-3-1-2-4-13(12)23(18)11-7-9-22(10-8-11)14-5-6-15(24(26)27)17-16(14)20-28-21-17;1-7-5-15(6-8(2)19-7)9-3-4-10(16(17)18)12-11(9)13-20-14-12/h1-6,11H,7-10H2,(H,19,25);3-4,7-8H,5-6H2,1-2H3. The monoisotopic (exact) mass is 658 g/mol. The van der Waals surface area contributed by atoms with Gasteiger partial charge in [-0.3, -0.25) is 24.8 Å². The molecule has 48 heavy (non-hydrogen) atoms. The number of nitro groups is 2. The molecule has 6 aromatic rings. The first-order chi connectivity index (χ1) is 23.2. The summed E-state index contributed by atoms with van der Waals surface area (Å²) in [5.74, 6) is 0. The van der Waals surface area contributed by atoms with E-state index in [9.17, 15) is 25.0 Å². The zero-order valence-electron chi connectivity index (χ0n) is 25.9. The van der Waals surface area contributed by atoms with E-state index < -0.39 is 9.85 Å². The number of non-ortho nitro benzene ring substituents is 2. The number of nitro benzene ring substituents is 2. The third-order valence-electron chi connectivity index (χ3n) is 8.69. The molecule has 0 aliphatic carbocycles. The van der Waals surface area contributed by atoms with Crippen LogP contribution >= 0.6 is 0 Å². The highest BCUT2D eigenvalue weighted by molar-refractivity contribution is 5.94. The Morgan fingerprint density at radius 3 is 1.83 bits per heavy atom. The van der Waals surface area contributed by atoms with E-state index in [1.165, 1.54) is 12.1 Å². The van der Waals surface area contributed by atoms with Gasteiger partial charge in [0, 0.05) is 44.4 Å². The van der Waals surface area contributed by atoms with Crippen molar-refractivity contribution in [2.24, 2.45) is 0 Å². The number of H-pyrrole nitrogens is 1. The molecule has 0 spiro atoms. The molecule has 8 rings (SSSR count). The van der Waals surface area contributed by atoms with Crippen molar-refractivity contribution in [3.05, 3.63) is 79.2 Å². The average molecular weight is 659 g/mol. The molecule has 2 fully saturated rings. The van der Waals surface area contributed by atoms with Gasteiger partial charge in [-0.2, -0.15) is 0 Å². The van der Waals surface area contributed by atoms with Crippen LogP contribution in [-0.4, -0.2) is 78.4 Å². The number of aromatic amines is 1. The molecule has 0 saturated carbocycles. The third-order valence-corrected chi connectivity index (χ3v) is 8.69. The molecule has 1 N–H and O–H groups in total. The lowest BCUT2D eigenvalue weighted by atomic mass is 10.0. The predicted octanol–water partition coefficient (Wildman–Crippen LogP) is 4.36. The molecule has 3 aromatic heterocycles. The van der Waals surface area contributed by atoms with Crippen LogP contribution in [0.2, 0.25) is 0 Å². The van der Waals surface area contributed by atoms with E-state index in [1.807, 2.05) is 42.7 Å². The molecule has 18 heteroatoms. The fourth-order valence-corrected chi connectivity index (χ4v) is 6.66. The molecule has 2 aliphatic heterocycles. The average Bonchev–Trinajstić information content (AvgIpc) is 3.82. The maximum atomic E-state index is 12.4. The molecule has 2 aliphatic rings. The number of para-hydroxylation sites is 2. The Bertz CT molecular complexity index is 2190. The van der Waals surface area contributed by atoms with Crippen LogP contribution in [0.3, 0.4) is 0 Å². The zero-order valence-corrected chi connectivity index (χ0v) is 25.9. The van der Waals surface area contributed by atoms with Gasteiger partial charge in [0.1, 0.15) is 0 Å². The number of hydrogen-bond donors (Lipinski definition) is 1. The molecule has 248 valence electrons. The van der Waals surface area contributed by atoms with Crippen molar-refractivity contribution < 1.29 is 23.8 Å². The summed E-state index contributed by atoms with van der Waals surface area (Å²) in [6, 6.07) is 14.0. The summed E-state index contributed by atoms with van der Waals surface area (Å²) in [6.07, 6.45) is 1.71. The van der Waals surface area contributed by atoms with Gasteiger partial charge in [-0.15, -0.1) is 0 Å². The van der Waals surface area contributed by atoms with E-state index in [-0.39, 0.29) is 46.3 Å². The summed E-state index contributed by atoms with van der Waals surface area (Å²) < 4.78 is 16.9. The molecule has 0 radical (unpaired) electrons. The van der Waals surface area contributed by atoms with Crippen LogP contribution in [0.1, 0.15) is 32.7 Å². The number of ether oxygens (including phenoxy) is 1. The van der Waals surface area contributed by atoms with E-state index in [4.69, 9.17) is 9.37 Å². The summed E-state index contributed by atoms with van der Waals surface area (Å²) >= 11 is 0. The highest BCUT2D eigenvalue weighted by Crippen LogP contribution is 2.35. The summed E-state index contributed by atoms with van der Waals surface area (Å²) in [5, 5.41) is 37.2. The SMILES string of the molecule is CC1CN(c2ccc([N+](=O)[O-])c3nonc23)CC(C)O1.O=c1[nH]c2ccccc2n1C1CCN(c2ccc([N+](=O)[O-])c3nonc23)CC1. The zero-order chi connectivity index (χ0) is 33.5. The minimum atomic E-state index is -0.494. The maximum absolute atomic E-state index is 12.4. The summed E-state index contributed by atoms with van der Waals surface area (Å²) in [7, 11) is 0. The fourth-order valence-electron chi connectivity index (χ4n) is 6.66. The number of nitrogens with zero attached hydrogens (tertiary/aromatic N) is 9. The topological polar surface area (TPSA) is 218 Å². The number of imidazole rings is 1. The molecule has 0 amide bonds. The minimum absolute atomic E-state index is 0.0869. The van der Waals surface area contributed by atoms with Crippen molar-refractivity contribution in [2.75, 3.05) is 36.0 Å². The fraction of sp³-hybridized carbons (Fsp3) is 0.367. The highest BCUT2D eigenvalue weighted by atomic mass is 16.6. The number of rotatable bonds is 5. The number of hydrogen-bond acceptors (Lipinski definition) is 14. The number of anilines is 2. The number of aromatic nitrogens is 6. The molecule has 2 saturated heterocycles. The van der Waals surface area contributed by atoms with Crippen LogP contribution in [0.5, 0.6) is 0 Å². The van der Waals surface area contributed by atoms with Crippen molar-refractivity contribution in [2.45, 2.75) is 44.9 Å². The van der Waals surface area contributed by atoms with E-state index in [0.29, 0.717) is 37.2 Å². The van der Waals surface area contributed by atoms with Gasteiger partial charge in [0.2, 0.25) is 11.0 Å². The molecule has 5 heterocycles. The summed E-state index contributed by atoms with van der Waals surface area (Å²) in [6.45, 7) is 6.76. The van der Waals surface area contributed by atoms with Crippen LogP contribution in [0.4, 0.5) is 22.7 Å². The summed E-state index contributed by atoms with van der Waals surface area (Å²) in [4.78, 5) is 40.7. The van der Waals surface area contributed by atoms with Gasteiger partial charge in [-0.05, 0) is 71.6 Å². The molecule has 3 aromatic carbocycles. The second-order valence-corrected chi connectivity index (χ2v) is 11.8. The van der Waals surface area contributed by atoms with Crippen molar-refractivity contribution in [3.63, 3.8) is 0 Å². The first-order valence-corrected chi connectivity index (χ1v) is 15.3. The predicted molar refractivity (Wildman–Crippen MR) is 172 cm³/mol. The van der Waals surface area contributed by atoms with Crippen molar-refractivity contribution in [1.82, 2.24) is 30.2 Å². The Hall–Kier alpha value is -5.91. The van der Waals surface area contributed by atoms with Crippen LogP contribution in [0.15, 0.2) is 62.6 Å². The smallest absolute Gasteiger partial charge is 0.326 e. The highest BCUT2D eigenvalue weighted by Gasteiger charge is 2.29. The molecular formula is C30H30N10O8.